The van der Waals surface area contributed by atoms with E-state index >= 15 is 0 Å². The minimum Gasteiger partial charge on any atom is -0.502 e. The van der Waals surface area contributed by atoms with E-state index in [1.807, 2.05) is 0 Å². The van der Waals surface area contributed by atoms with Crippen LogP contribution in [0.25, 0.3) is 0 Å². The van der Waals surface area contributed by atoms with Crippen molar-refractivity contribution in [2.45, 2.75) is 6.92 Å². The highest BCUT2D eigenvalue weighted by atomic mass is 16.6. The monoisotopic (exact) mass is 229 g/mol. The van der Waals surface area contributed by atoms with Gasteiger partial charge in [0.15, 0.2) is 0 Å². The summed E-state index contributed by atoms with van der Waals surface area (Å²) in [5.74, 6) is -1.12. The zero-order valence-electron chi connectivity index (χ0n) is 8.86. The first-order valence-electron chi connectivity index (χ1n) is 4.39. The van der Waals surface area contributed by atoms with Crippen LogP contribution in [0.2, 0.25) is 0 Å². The SMILES string of the molecule is C=CC(=O)OCCNC(=O)OBOC(C)=O. The van der Waals surface area contributed by atoms with Crippen LogP contribution in [0.15, 0.2) is 12.7 Å². The summed E-state index contributed by atoms with van der Waals surface area (Å²) < 4.78 is 13.4. The van der Waals surface area contributed by atoms with E-state index in [1.165, 1.54) is 6.92 Å². The van der Waals surface area contributed by atoms with Crippen LogP contribution >= 0.6 is 0 Å². The van der Waals surface area contributed by atoms with Gasteiger partial charge >= 0.3 is 19.7 Å². The van der Waals surface area contributed by atoms with Gasteiger partial charge in [0.1, 0.15) is 6.61 Å². The van der Waals surface area contributed by atoms with Gasteiger partial charge in [-0.05, 0) is 0 Å². The molecule has 0 spiro atoms. The number of hydrogen-bond donors (Lipinski definition) is 1. The number of esters is 1. The van der Waals surface area contributed by atoms with E-state index in [2.05, 4.69) is 25.9 Å². The predicted octanol–water partition coefficient (Wildman–Crippen LogP) is -0.729. The fourth-order valence-electron chi connectivity index (χ4n) is 0.581. The lowest BCUT2D eigenvalue weighted by molar-refractivity contribution is -0.137. The Balaban J connectivity index is 3.40. The summed E-state index contributed by atoms with van der Waals surface area (Å²) in [6.07, 6.45) is 0.245. The maximum atomic E-state index is 10.9. The van der Waals surface area contributed by atoms with E-state index in [-0.39, 0.29) is 13.2 Å². The molecule has 0 aromatic heterocycles. The number of carbonyl (C=O) groups excluding carboxylic acids is 3. The Hall–Kier alpha value is -1.99. The molecule has 0 radical (unpaired) electrons. The summed E-state index contributed by atoms with van der Waals surface area (Å²) in [4.78, 5) is 31.7. The van der Waals surface area contributed by atoms with Crippen molar-refractivity contribution in [3.63, 3.8) is 0 Å². The van der Waals surface area contributed by atoms with Gasteiger partial charge in [-0.2, -0.15) is 0 Å². The topological polar surface area (TPSA) is 90.9 Å². The number of hydrogen-bond acceptors (Lipinski definition) is 6. The number of rotatable bonds is 6. The minimum absolute atomic E-state index is 0.00746. The highest BCUT2D eigenvalue weighted by Gasteiger charge is 2.05. The molecule has 8 heteroatoms. The van der Waals surface area contributed by atoms with Gasteiger partial charge in [-0.15, -0.1) is 0 Å². The molecule has 0 rings (SSSR count). The summed E-state index contributed by atoms with van der Waals surface area (Å²) in [5, 5.41) is 2.27. The molecule has 0 aliphatic carbocycles. The average Bonchev–Trinajstić information content (AvgIpc) is 2.23. The van der Waals surface area contributed by atoms with Crippen LogP contribution in [0.5, 0.6) is 0 Å². The van der Waals surface area contributed by atoms with E-state index in [0.29, 0.717) is 0 Å². The van der Waals surface area contributed by atoms with E-state index < -0.39 is 25.7 Å². The highest BCUT2D eigenvalue weighted by Crippen LogP contribution is 1.80. The lowest BCUT2D eigenvalue weighted by Gasteiger charge is -2.05. The van der Waals surface area contributed by atoms with Crippen molar-refractivity contribution in [1.82, 2.24) is 5.32 Å². The van der Waals surface area contributed by atoms with Crippen molar-refractivity contribution < 1.29 is 28.4 Å². The number of amides is 1. The number of ether oxygens (including phenoxy) is 1. The van der Waals surface area contributed by atoms with E-state index in [1.54, 1.807) is 0 Å². The second-order valence-corrected chi connectivity index (χ2v) is 2.48. The zero-order valence-corrected chi connectivity index (χ0v) is 8.86. The van der Waals surface area contributed by atoms with Crippen molar-refractivity contribution >= 4 is 25.7 Å². The Morgan fingerprint density at radius 3 is 2.62 bits per heavy atom. The maximum absolute atomic E-state index is 10.9. The fraction of sp³-hybridized carbons (Fsp3) is 0.375. The van der Waals surface area contributed by atoms with Crippen LogP contribution in [0.3, 0.4) is 0 Å². The van der Waals surface area contributed by atoms with Gasteiger partial charge in [0.2, 0.25) is 0 Å². The number of carbonyl (C=O) groups is 3. The van der Waals surface area contributed by atoms with Gasteiger partial charge in [0.25, 0.3) is 5.97 Å². The third kappa shape index (κ3) is 8.61. The Morgan fingerprint density at radius 1 is 1.38 bits per heavy atom. The second-order valence-electron chi connectivity index (χ2n) is 2.48. The molecule has 16 heavy (non-hydrogen) atoms. The zero-order chi connectivity index (χ0) is 12.4. The largest absolute Gasteiger partial charge is 0.581 e. The Bertz CT molecular complexity index is 280. The van der Waals surface area contributed by atoms with Crippen molar-refractivity contribution in [2.24, 2.45) is 0 Å². The summed E-state index contributed by atoms with van der Waals surface area (Å²) in [5.41, 5.74) is 0. The van der Waals surface area contributed by atoms with Gasteiger partial charge in [-0.1, -0.05) is 6.58 Å². The third-order valence-electron chi connectivity index (χ3n) is 1.23. The molecule has 88 valence electrons. The molecule has 0 saturated heterocycles. The Kier molecular flexibility index (Phi) is 7.30. The normalized spacial score (nSPS) is 8.56. The van der Waals surface area contributed by atoms with Crippen molar-refractivity contribution in [3.05, 3.63) is 12.7 Å². The molecule has 0 fully saturated rings. The smallest absolute Gasteiger partial charge is 0.502 e. The number of nitrogens with one attached hydrogen (secondary N) is 1. The van der Waals surface area contributed by atoms with Crippen LogP contribution in [-0.2, 0) is 23.6 Å². The second kappa shape index (κ2) is 8.33. The summed E-state index contributed by atoms with van der Waals surface area (Å²) in [7, 11) is -0.451. The summed E-state index contributed by atoms with van der Waals surface area (Å²) >= 11 is 0. The summed E-state index contributed by atoms with van der Waals surface area (Å²) in [6, 6.07) is 0. The molecule has 0 bridgehead atoms. The molecule has 0 atom stereocenters. The molecule has 7 nitrogen and oxygen atoms in total. The highest BCUT2D eigenvalue weighted by molar-refractivity contribution is 6.25. The van der Waals surface area contributed by atoms with E-state index in [9.17, 15) is 14.4 Å². The van der Waals surface area contributed by atoms with Gasteiger partial charge in [0.05, 0.1) is 6.54 Å². The van der Waals surface area contributed by atoms with Crippen LogP contribution < -0.4 is 5.32 Å². The first-order chi connectivity index (χ1) is 7.56. The predicted molar refractivity (Wildman–Crippen MR) is 54.6 cm³/mol. The molecular weight excluding hydrogens is 217 g/mol. The van der Waals surface area contributed by atoms with Gasteiger partial charge in [0, 0.05) is 13.0 Å². The van der Waals surface area contributed by atoms with Gasteiger partial charge in [-0.25, -0.2) is 9.59 Å². The molecular formula is C8H12BNO6. The molecule has 0 aromatic carbocycles. The molecule has 0 saturated carbocycles. The summed E-state index contributed by atoms with van der Waals surface area (Å²) in [6.45, 7) is 4.49. The van der Waals surface area contributed by atoms with Crippen molar-refractivity contribution in [3.8, 4) is 0 Å². The van der Waals surface area contributed by atoms with Gasteiger partial charge < -0.3 is 19.4 Å². The first-order valence-corrected chi connectivity index (χ1v) is 4.39. The maximum Gasteiger partial charge on any atom is 0.581 e. The van der Waals surface area contributed by atoms with Crippen LogP contribution in [0.4, 0.5) is 4.79 Å². The van der Waals surface area contributed by atoms with Gasteiger partial charge in [-0.3, -0.25) is 4.79 Å². The lowest BCUT2D eigenvalue weighted by Crippen LogP contribution is -2.30. The molecule has 0 heterocycles. The van der Waals surface area contributed by atoms with Crippen molar-refractivity contribution in [2.75, 3.05) is 13.2 Å². The van der Waals surface area contributed by atoms with E-state index in [0.717, 1.165) is 6.08 Å². The van der Waals surface area contributed by atoms with Crippen LogP contribution in [0, 0.1) is 0 Å². The fourth-order valence-corrected chi connectivity index (χ4v) is 0.581. The van der Waals surface area contributed by atoms with E-state index in [4.69, 9.17) is 0 Å². The standard InChI is InChI=1S/C8H12BNO6/c1-3-7(12)14-5-4-10-8(13)16-9-15-6(2)11/h3,9H,1,4-5H2,2H3,(H,10,13). The first kappa shape index (κ1) is 14.0. The van der Waals surface area contributed by atoms with Crippen molar-refractivity contribution in [1.29, 1.82) is 0 Å². The quantitative estimate of drug-likeness (QED) is 0.279. The molecule has 1 N–H and O–H groups in total. The molecule has 0 aliphatic heterocycles. The third-order valence-corrected chi connectivity index (χ3v) is 1.23. The Morgan fingerprint density at radius 2 is 2.06 bits per heavy atom. The van der Waals surface area contributed by atoms with Crippen LogP contribution in [-0.4, -0.2) is 38.9 Å². The molecule has 0 unspecified atom stereocenters. The average molecular weight is 229 g/mol. The molecule has 0 aromatic rings. The van der Waals surface area contributed by atoms with Crippen LogP contribution in [0.1, 0.15) is 6.92 Å². The minimum atomic E-state index is -0.768. The lowest BCUT2D eigenvalue weighted by atomic mass is 10.4. The molecule has 1 amide bonds. The molecule has 0 aliphatic rings. The Labute approximate surface area is 93.0 Å².